The van der Waals surface area contributed by atoms with E-state index < -0.39 is 12.1 Å². The van der Waals surface area contributed by atoms with Crippen LogP contribution in [0.4, 0.5) is 0 Å². The Labute approximate surface area is 187 Å². The van der Waals surface area contributed by atoms with E-state index in [9.17, 15) is 14.4 Å². The molecule has 2 heterocycles. The number of rotatable bonds is 9. The molecule has 1 aromatic carbocycles. The Morgan fingerprint density at radius 3 is 2.48 bits per heavy atom. The second kappa shape index (κ2) is 10.8. The molecule has 3 N–H and O–H groups in total. The van der Waals surface area contributed by atoms with Crippen LogP contribution in [0.5, 0.6) is 0 Å². The van der Waals surface area contributed by atoms with Crippen molar-refractivity contribution in [3.63, 3.8) is 0 Å². The lowest BCUT2D eigenvalue weighted by Gasteiger charge is -2.28. The van der Waals surface area contributed by atoms with Gasteiger partial charge in [0.25, 0.3) is 0 Å². The lowest BCUT2D eigenvalue weighted by molar-refractivity contribution is -0.128. The first-order valence-corrected chi connectivity index (χ1v) is 11.8. The highest BCUT2D eigenvalue weighted by molar-refractivity contribution is 7.20. The Bertz CT molecular complexity index is 887. The van der Waals surface area contributed by atoms with Gasteiger partial charge in [0, 0.05) is 6.92 Å². The third-order valence-corrected chi connectivity index (χ3v) is 6.62. The van der Waals surface area contributed by atoms with Gasteiger partial charge in [0.15, 0.2) is 5.01 Å². The van der Waals surface area contributed by atoms with Gasteiger partial charge >= 0.3 is 0 Å². The number of hydrogen-bond donors (Lipinski definition) is 3. The summed E-state index contributed by atoms with van der Waals surface area (Å²) >= 11 is 1.36. The summed E-state index contributed by atoms with van der Waals surface area (Å²) in [5, 5.41) is 9.45. The molecule has 168 valence electrons. The molecule has 1 aliphatic heterocycles. The number of hydrogen-bond acceptors (Lipinski definition) is 6. The van der Waals surface area contributed by atoms with Crippen LogP contribution >= 0.6 is 11.3 Å². The molecule has 0 spiro atoms. The summed E-state index contributed by atoms with van der Waals surface area (Å²) in [6, 6.07) is 6.34. The molecule has 8 heteroatoms. The number of ketones is 1. The van der Waals surface area contributed by atoms with Crippen molar-refractivity contribution < 1.29 is 14.4 Å². The van der Waals surface area contributed by atoms with E-state index in [4.69, 9.17) is 0 Å². The van der Waals surface area contributed by atoms with Crippen molar-refractivity contribution in [3.05, 3.63) is 29.3 Å². The van der Waals surface area contributed by atoms with Crippen molar-refractivity contribution >= 4 is 39.2 Å². The van der Waals surface area contributed by atoms with Crippen LogP contribution in [0, 0.1) is 11.8 Å². The maximum atomic E-state index is 13.4. The van der Waals surface area contributed by atoms with E-state index in [-0.39, 0.29) is 23.5 Å². The molecule has 0 radical (unpaired) electrons. The van der Waals surface area contributed by atoms with Gasteiger partial charge in [-0.2, -0.15) is 0 Å². The molecule has 31 heavy (non-hydrogen) atoms. The third-order valence-electron chi connectivity index (χ3n) is 5.57. The number of nitrogens with zero attached hydrogens (tertiary/aromatic N) is 1. The van der Waals surface area contributed by atoms with Crippen LogP contribution in [0.2, 0.25) is 0 Å². The Balaban J connectivity index is 1.81. The zero-order chi connectivity index (χ0) is 22.4. The number of carbonyl (C=O) groups is 3. The fraction of sp³-hybridized carbons (Fsp3) is 0.565. The molecule has 2 unspecified atom stereocenters. The first kappa shape index (κ1) is 23.3. The van der Waals surface area contributed by atoms with Crippen LogP contribution in [0.25, 0.3) is 10.2 Å². The van der Waals surface area contributed by atoms with Crippen molar-refractivity contribution in [1.29, 1.82) is 0 Å². The zero-order valence-corrected chi connectivity index (χ0v) is 19.3. The van der Waals surface area contributed by atoms with Crippen molar-refractivity contribution in [2.24, 2.45) is 11.8 Å². The van der Waals surface area contributed by atoms with E-state index in [0.717, 1.165) is 36.1 Å². The molecule has 0 bridgehead atoms. The van der Waals surface area contributed by atoms with Crippen LogP contribution in [0.3, 0.4) is 0 Å². The minimum atomic E-state index is -0.656. The first-order valence-electron chi connectivity index (χ1n) is 11.0. The minimum Gasteiger partial charge on any atom is -0.345 e. The summed E-state index contributed by atoms with van der Waals surface area (Å²) in [6.07, 6.45) is 3.04. The zero-order valence-electron chi connectivity index (χ0n) is 18.4. The maximum absolute atomic E-state index is 13.4. The predicted molar refractivity (Wildman–Crippen MR) is 123 cm³/mol. The van der Waals surface area contributed by atoms with E-state index in [0.29, 0.717) is 23.8 Å². The number of piperidine rings is 1. The van der Waals surface area contributed by atoms with Gasteiger partial charge in [-0.1, -0.05) is 26.0 Å². The molecular weight excluding hydrogens is 412 g/mol. The Hall–Kier alpha value is -2.32. The van der Waals surface area contributed by atoms with Gasteiger partial charge in [-0.25, -0.2) is 4.98 Å². The average Bonchev–Trinajstić information content (AvgIpc) is 3.16. The number of Topliss-reactive ketones (excluding diaryl/α,β-unsaturated/α-hetero) is 1. The minimum absolute atomic E-state index is 0.154. The standard InChI is InChI=1S/C23H32N4O3S/c1-14(2)12-19(25-15(3)28)22(30)26-18(13-16-8-10-24-11-9-16)21(29)23-27-17-6-4-5-7-20(17)31-23/h4-7,14,16,18-19,24H,8-13H2,1-3H3,(H,25,28)(H,26,30). The van der Waals surface area contributed by atoms with Crippen LogP contribution in [0.15, 0.2) is 24.3 Å². The van der Waals surface area contributed by atoms with Gasteiger partial charge in [-0.3, -0.25) is 14.4 Å². The Kier molecular flexibility index (Phi) is 8.15. The van der Waals surface area contributed by atoms with Gasteiger partial charge in [0.2, 0.25) is 17.6 Å². The smallest absolute Gasteiger partial charge is 0.243 e. The highest BCUT2D eigenvalue weighted by Gasteiger charge is 2.31. The van der Waals surface area contributed by atoms with E-state index in [2.05, 4.69) is 20.9 Å². The number of benzene rings is 1. The summed E-state index contributed by atoms with van der Waals surface area (Å²) in [4.78, 5) is 42.6. The highest BCUT2D eigenvalue weighted by atomic mass is 32.1. The fourth-order valence-electron chi connectivity index (χ4n) is 4.03. The second-order valence-corrected chi connectivity index (χ2v) is 9.75. The van der Waals surface area contributed by atoms with Crippen LogP contribution in [-0.2, 0) is 9.59 Å². The molecule has 0 saturated carbocycles. The highest BCUT2D eigenvalue weighted by Crippen LogP contribution is 2.25. The molecule has 7 nitrogen and oxygen atoms in total. The predicted octanol–water partition coefficient (Wildman–Crippen LogP) is 2.90. The topological polar surface area (TPSA) is 100 Å². The van der Waals surface area contributed by atoms with Crippen LogP contribution < -0.4 is 16.0 Å². The number of amides is 2. The van der Waals surface area contributed by atoms with Gasteiger partial charge in [0.05, 0.1) is 16.3 Å². The summed E-state index contributed by atoms with van der Waals surface area (Å²) in [5.41, 5.74) is 0.790. The molecule has 2 atom stereocenters. The molecule has 2 amide bonds. The van der Waals surface area contributed by atoms with Crippen molar-refractivity contribution in [3.8, 4) is 0 Å². The van der Waals surface area contributed by atoms with Gasteiger partial charge in [0.1, 0.15) is 6.04 Å². The summed E-state index contributed by atoms with van der Waals surface area (Å²) in [7, 11) is 0. The average molecular weight is 445 g/mol. The lowest BCUT2D eigenvalue weighted by atomic mass is 9.89. The summed E-state index contributed by atoms with van der Waals surface area (Å²) in [5.74, 6) is -0.135. The molecule has 1 aromatic heterocycles. The summed E-state index contributed by atoms with van der Waals surface area (Å²) < 4.78 is 0.953. The van der Waals surface area contributed by atoms with Crippen molar-refractivity contribution in [1.82, 2.24) is 20.9 Å². The molecule has 1 aliphatic rings. The Morgan fingerprint density at radius 2 is 1.84 bits per heavy atom. The van der Waals surface area contributed by atoms with Crippen molar-refractivity contribution in [2.45, 2.75) is 58.5 Å². The number of aromatic nitrogens is 1. The number of para-hydroxylation sites is 1. The second-order valence-electron chi connectivity index (χ2n) is 8.72. The first-order chi connectivity index (χ1) is 14.8. The molecule has 1 fully saturated rings. The van der Waals surface area contributed by atoms with Gasteiger partial charge in [-0.05, 0) is 62.7 Å². The number of thiazole rings is 1. The maximum Gasteiger partial charge on any atom is 0.243 e. The fourth-order valence-corrected chi connectivity index (χ4v) is 4.99. The number of carbonyl (C=O) groups excluding carboxylic acids is 3. The molecule has 2 aromatic rings. The molecule has 3 rings (SSSR count). The number of nitrogens with one attached hydrogen (secondary N) is 3. The van der Waals surface area contributed by atoms with Crippen LogP contribution in [-0.4, -0.2) is 47.8 Å². The summed E-state index contributed by atoms with van der Waals surface area (Å²) in [6.45, 7) is 7.24. The van der Waals surface area contributed by atoms with E-state index >= 15 is 0 Å². The van der Waals surface area contributed by atoms with E-state index in [1.54, 1.807) is 0 Å². The quantitative estimate of drug-likeness (QED) is 0.517. The molecule has 1 saturated heterocycles. The molecular formula is C23H32N4O3S. The van der Waals surface area contributed by atoms with E-state index in [1.807, 2.05) is 38.1 Å². The van der Waals surface area contributed by atoms with Crippen molar-refractivity contribution in [2.75, 3.05) is 13.1 Å². The van der Waals surface area contributed by atoms with Gasteiger partial charge in [-0.15, -0.1) is 11.3 Å². The largest absolute Gasteiger partial charge is 0.345 e. The normalized spacial score (nSPS) is 16.8. The van der Waals surface area contributed by atoms with E-state index in [1.165, 1.54) is 18.3 Å². The molecule has 0 aliphatic carbocycles. The lowest BCUT2D eigenvalue weighted by Crippen LogP contribution is -2.52. The van der Waals surface area contributed by atoms with Crippen LogP contribution in [0.1, 0.15) is 56.3 Å². The number of fused-ring (bicyclic) bond motifs is 1. The SMILES string of the molecule is CC(=O)NC(CC(C)C)C(=O)NC(CC1CCNCC1)C(=O)c1nc2ccccc2s1. The monoisotopic (exact) mass is 444 g/mol. The Morgan fingerprint density at radius 1 is 1.13 bits per heavy atom. The van der Waals surface area contributed by atoms with Gasteiger partial charge < -0.3 is 16.0 Å². The third kappa shape index (κ3) is 6.58.